The van der Waals surface area contributed by atoms with Crippen LogP contribution >= 0.6 is 27.3 Å². The quantitative estimate of drug-likeness (QED) is 0.925. The molecule has 1 fully saturated rings. The lowest BCUT2D eigenvalue weighted by Gasteiger charge is -2.27. The van der Waals surface area contributed by atoms with Crippen LogP contribution in [0.15, 0.2) is 20.4 Å². The Balaban J connectivity index is 1.71. The van der Waals surface area contributed by atoms with Crippen molar-refractivity contribution >= 4 is 27.3 Å². The molecule has 0 spiro atoms. The minimum atomic E-state index is 0.278. The van der Waals surface area contributed by atoms with Gasteiger partial charge in [-0.3, -0.25) is 0 Å². The topological polar surface area (TPSA) is 64.9 Å². The van der Waals surface area contributed by atoms with Gasteiger partial charge >= 0.3 is 0 Å². The lowest BCUT2D eigenvalue weighted by Crippen LogP contribution is -2.34. The highest BCUT2D eigenvalue weighted by Gasteiger charge is 2.24. The Bertz CT molecular complexity index is 554. The van der Waals surface area contributed by atoms with E-state index in [9.17, 15) is 0 Å². The molecule has 0 aliphatic heterocycles. The molecule has 2 atom stereocenters. The first-order valence-corrected chi connectivity index (χ1v) is 8.17. The Morgan fingerprint density at radius 3 is 2.95 bits per heavy atom. The number of halogens is 1. The second-order valence-electron chi connectivity index (χ2n) is 5.03. The molecule has 3 rings (SSSR count). The molecule has 0 saturated heterocycles. The van der Waals surface area contributed by atoms with Gasteiger partial charge in [-0.05, 0) is 46.8 Å². The lowest BCUT2D eigenvalue weighted by atomic mass is 9.83. The van der Waals surface area contributed by atoms with Gasteiger partial charge in [-0.1, -0.05) is 18.0 Å². The Morgan fingerprint density at radius 2 is 2.21 bits per heavy atom. The van der Waals surface area contributed by atoms with Crippen LogP contribution in [-0.4, -0.2) is 16.2 Å². The van der Waals surface area contributed by atoms with E-state index in [-0.39, 0.29) is 6.04 Å². The summed E-state index contributed by atoms with van der Waals surface area (Å²) in [6.45, 7) is 0. The van der Waals surface area contributed by atoms with E-state index in [2.05, 4.69) is 26.1 Å². The van der Waals surface area contributed by atoms with Crippen molar-refractivity contribution in [1.82, 2.24) is 10.1 Å². The second kappa shape index (κ2) is 5.73. The molecule has 19 heavy (non-hydrogen) atoms. The Labute approximate surface area is 124 Å². The molecule has 2 unspecified atom stereocenters. The van der Waals surface area contributed by atoms with Gasteiger partial charge in [-0.25, -0.2) is 0 Å². The molecule has 4 nitrogen and oxygen atoms in total. The van der Waals surface area contributed by atoms with Crippen LogP contribution in [-0.2, 0) is 6.42 Å². The maximum Gasteiger partial charge on any atom is 0.227 e. The van der Waals surface area contributed by atoms with Crippen molar-refractivity contribution in [2.75, 3.05) is 0 Å². The van der Waals surface area contributed by atoms with Gasteiger partial charge in [0.2, 0.25) is 11.7 Å². The summed E-state index contributed by atoms with van der Waals surface area (Å²) >= 11 is 5.05. The third kappa shape index (κ3) is 3.07. The van der Waals surface area contributed by atoms with Gasteiger partial charge < -0.3 is 10.3 Å². The third-order valence-electron chi connectivity index (χ3n) is 3.67. The second-order valence-corrected chi connectivity index (χ2v) is 7.49. The van der Waals surface area contributed by atoms with Crippen LogP contribution in [0.3, 0.4) is 0 Å². The predicted molar refractivity (Wildman–Crippen MR) is 78.9 cm³/mol. The van der Waals surface area contributed by atoms with Crippen LogP contribution < -0.4 is 5.73 Å². The summed E-state index contributed by atoms with van der Waals surface area (Å²) in [6, 6.07) is 4.27. The molecule has 2 heterocycles. The molecule has 0 radical (unpaired) electrons. The normalized spacial score (nSPS) is 23.7. The highest BCUT2D eigenvalue weighted by molar-refractivity contribution is 9.11. The van der Waals surface area contributed by atoms with Crippen LogP contribution in [0.1, 0.15) is 31.6 Å². The van der Waals surface area contributed by atoms with Gasteiger partial charge in [0.25, 0.3) is 0 Å². The van der Waals surface area contributed by atoms with E-state index in [0.29, 0.717) is 17.6 Å². The molecule has 102 valence electrons. The number of nitrogens with two attached hydrogens (primary N) is 1. The molecule has 2 aromatic rings. The molecule has 0 aromatic carbocycles. The minimum absolute atomic E-state index is 0.278. The summed E-state index contributed by atoms with van der Waals surface area (Å²) in [5.41, 5.74) is 6.15. The Kier molecular flexibility index (Phi) is 4.00. The van der Waals surface area contributed by atoms with Crippen LogP contribution in [0.25, 0.3) is 10.7 Å². The molecule has 2 aromatic heterocycles. The number of aromatic nitrogens is 2. The number of hydrogen-bond acceptors (Lipinski definition) is 5. The SMILES string of the molecule is NC1CCCCC1Cc1nc(-c2ccc(Br)s2)no1. The number of thiophene rings is 1. The molecule has 0 bridgehead atoms. The van der Waals surface area contributed by atoms with E-state index in [1.807, 2.05) is 12.1 Å². The van der Waals surface area contributed by atoms with Crippen molar-refractivity contribution in [2.24, 2.45) is 11.7 Å². The van der Waals surface area contributed by atoms with E-state index in [1.165, 1.54) is 19.3 Å². The molecule has 1 aliphatic carbocycles. The molecule has 1 saturated carbocycles. The van der Waals surface area contributed by atoms with E-state index >= 15 is 0 Å². The fourth-order valence-electron chi connectivity index (χ4n) is 2.59. The fourth-order valence-corrected chi connectivity index (χ4v) is 3.90. The first-order valence-electron chi connectivity index (χ1n) is 6.56. The minimum Gasteiger partial charge on any atom is -0.339 e. The van der Waals surface area contributed by atoms with Crippen molar-refractivity contribution in [3.05, 3.63) is 21.8 Å². The van der Waals surface area contributed by atoms with Gasteiger partial charge in [0.15, 0.2) is 0 Å². The van der Waals surface area contributed by atoms with Gasteiger partial charge in [0.05, 0.1) is 8.66 Å². The van der Waals surface area contributed by atoms with Gasteiger partial charge in [-0.15, -0.1) is 11.3 Å². The van der Waals surface area contributed by atoms with Gasteiger partial charge in [-0.2, -0.15) is 4.98 Å². The third-order valence-corrected chi connectivity index (χ3v) is 5.29. The Morgan fingerprint density at radius 1 is 1.37 bits per heavy atom. The maximum atomic E-state index is 6.15. The zero-order valence-corrected chi connectivity index (χ0v) is 12.9. The Hall–Kier alpha value is -0.720. The number of hydrogen-bond donors (Lipinski definition) is 1. The molecular weight excluding hydrogens is 326 g/mol. The summed E-state index contributed by atoms with van der Waals surface area (Å²) in [5.74, 6) is 1.87. The largest absolute Gasteiger partial charge is 0.339 e. The van der Waals surface area contributed by atoms with E-state index in [0.717, 1.165) is 21.5 Å². The monoisotopic (exact) mass is 341 g/mol. The smallest absolute Gasteiger partial charge is 0.227 e. The summed E-state index contributed by atoms with van der Waals surface area (Å²) in [7, 11) is 0. The van der Waals surface area contributed by atoms with Crippen molar-refractivity contribution in [1.29, 1.82) is 0 Å². The predicted octanol–water partition coefficient (Wildman–Crippen LogP) is 3.62. The summed E-state index contributed by atoms with van der Waals surface area (Å²) in [5, 5.41) is 4.05. The average molecular weight is 342 g/mol. The van der Waals surface area contributed by atoms with Crippen molar-refractivity contribution in [2.45, 2.75) is 38.1 Å². The number of nitrogens with zero attached hydrogens (tertiary/aromatic N) is 2. The van der Waals surface area contributed by atoms with Crippen LogP contribution in [0.4, 0.5) is 0 Å². The van der Waals surface area contributed by atoms with E-state index in [1.54, 1.807) is 11.3 Å². The average Bonchev–Trinajstić information content (AvgIpc) is 3.01. The van der Waals surface area contributed by atoms with Crippen LogP contribution in [0.2, 0.25) is 0 Å². The van der Waals surface area contributed by atoms with Crippen molar-refractivity contribution in [3.63, 3.8) is 0 Å². The molecular formula is C13H16BrN3OS. The van der Waals surface area contributed by atoms with Crippen LogP contribution in [0.5, 0.6) is 0 Å². The summed E-state index contributed by atoms with van der Waals surface area (Å²) in [6.07, 6.45) is 5.60. The van der Waals surface area contributed by atoms with Crippen molar-refractivity contribution in [3.8, 4) is 10.7 Å². The highest BCUT2D eigenvalue weighted by atomic mass is 79.9. The maximum absolute atomic E-state index is 6.15. The fraction of sp³-hybridized carbons (Fsp3) is 0.538. The van der Waals surface area contributed by atoms with E-state index in [4.69, 9.17) is 10.3 Å². The van der Waals surface area contributed by atoms with Gasteiger partial charge in [0.1, 0.15) is 0 Å². The van der Waals surface area contributed by atoms with Crippen LogP contribution in [0, 0.1) is 5.92 Å². The standard InChI is InChI=1S/C13H16BrN3OS/c14-11-6-5-10(19-11)13-16-12(18-17-13)7-8-3-1-2-4-9(8)15/h5-6,8-9H,1-4,7,15H2. The lowest BCUT2D eigenvalue weighted by molar-refractivity contribution is 0.273. The first-order chi connectivity index (χ1) is 9.22. The molecule has 2 N–H and O–H groups in total. The zero-order chi connectivity index (χ0) is 13.2. The summed E-state index contributed by atoms with van der Waals surface area (Å²) in [4.78, 5) is 5.50. The molecule has 6 heteroatoms. The first kappa shape index (κ1) is 13.3. The highest BCUT2D eigenvalue weighted by Crippen LogP contribution is 2.30. The van der Waals surface area contributed by atoms with Crippen molar-refractivity contribution < 1.29 is 4.52 Å². The molecule has 0 amide bonds. The van der Waals surface area contributed by atoms with E-state index < -0.39 is 0 Å². The zero-order valence-electron chi connectivity index (χ0n) is 10.5. The molecule has 1 aliphatic rings. The summed E-state index contributed by atoms with van der Waals surface area (Å²) < 4.78 is 6.43. The number of rotatable bonds is 3. The van der Waals surface area contributed by atoms with Gasteiger partial charge in [0, 0.05) is 12.5 Å².